The van der Waals surface area contributed by atoms with Crippen molar-refractivity contribution in [3.05, 3.63) is 210 Å². The number of benzene rings is 8. The Labute approximate surface area is 299 Å². The number of para-hydroxylation sites is 2. The van der Waals surface area contributed by atoms with Crippen molar-refractivity contribution in [2.45, 2.75) is 5.41 Å². The molecule has 1 heterocycles. The first-order valence-electron chi connectivity index (χ1n) is 19.8. The maximum atomic E-state index is 10.0. The van der Waals surface area contributed by atoms with Crippen molar-refractivity contribution in [3.8, 4) is 11.1 Å². The normalized spacial score (nSPS) is 17.0. The second kappa shape index (κ2) is 11.1. The average Bonchev–Trinajstić information content (AvgIpc) is 3.75. The summed E-state index contributed by atoms with van der Waals surface area (Å²) in [7, 11) is 0. The minimum absolute atomic E-state index is 0.0596. The summed E-state index contributed by atoms with van der Waals surface area (Å²) >= 11 is 1.68. The van der Waals surface area contributed by atoms with Gasteiger partial charge in [-0.1, -0.05) is 133 Å². The van der Waals surface area contributed by atoms with Gasteiger partial charge in [0.1, 0.15) is 0 Å². The summed E-state index contributed by atoms with van der Waals surface area (Å²) in [5.74, 6) is 0. The lowest BCUT2D eigenvalue weighted by molar-refractivity contribution is 0.778. The quantitative estimate of drug-likeness (QED) is 0.179. The van der Waals surface area contributed by atoms with Crippen LogP contribution in [0.25, 0.3) is 42.1 Å². The van der Waals surface area contributed by atoms with E-state index in [1.807, 2.05) is 72.8 Å². The molecule has 9 aromatic rings. The third-order valence-corrected chi connectivity index (χ3v) is 10.9. The molecule has 49 heavy (non-hydrogen) atoms. The highest BCUT2D eigenvalue weighted by Crippen LogP contribution is 2.59. The van der Waals surface area contributed by atoms with Crippen LogP contribution in [0.4, 0.5) is 17.1 Å². The third-order valence-electron chi connectivity index (χ3n) is 9.75. The van der Waals surface area contributed by atoms with Crippen LogP contribution in [0.2, 0.25) is 0 Å². The van der Waals surface area contributed by atoms with Gasteiger partial charge in [-0.05, 0) is 98.7 Å². The molecule has 0 radical (unpaired) electrons. The molecule has 1 atom stereocenters. The lowest BCUT2D eigenvalue weighted by Gasteiger charge is -2.35. The van der Waals surface area contributed by atoms with E-state index in [9.17, 15) is 4.11 Å². The molecular formula is C47H31NS. The van der Waals surface area contributed by atoms with E-state index in [0.29, 0.717) is 0 Å². The number of rotatable bonds is 5. The van der Waals surface area contributed by atoms with Gasteiger partial charge in [-0.25, -0.2) is 0 Å². The van der Waals surface area contributed by atoms with Gasteiger partial charge in [-0.15, -0.1) is 11.3 Å². The number of anilines is 3. The van der Waals surface area contributed by atoms with Crippen LogP contribution >= 0.6 is 11.3 Å². The summed E-state index contributed by atoms with van der Waals surface area (Å²) < 4.78 is 66.3. The molecule has 1 aliphatic carbocycles. The molecule has 0 saturated carbocycles. The van der Waals surface area contributed by atoms with Crippen LogP contribution in [-0.4, -0.2) is 0 Å². The Balaban J connectivity index is 1.39. The molecule has 0 saturated heterocycles. The first-order chi connectivity index (χ1) is 27.2. The van der Waals surface area contributed by atoms with Gasteiger partial charge in [0.25, 0.3) is 0 Å². The van der Waals surface area contributed by atoms with Crippen molar-refractivity contribution < 1.29 is 9.60 Å². The second-order valence-electron chi connectivity index (χ2n) is 12.3. The van der Waals surface area contributed by atoms with Crippen molar-refractivity contribution >= 4 is 59.3 Å². The van der Waals surface area contributed by atoms with Crippen LogP contribution in [0.5, 0.6) is 0 Å². The fourth-order valence-corrected chi connectivity index (χ4v) is 8.89. The van der Waals surface area contributed by atoms with Gasteiger partial charge < -0.3 is 4.90 Å². The van der Waals surface area contributed by atoms with Crippen molar-refractivity contribution in [2.75, 3.05) is 4.90 Å². The average molecular weight is 649 g/mol. The van der Waals surface area contributed by atoms with E-state index in [1.54, 1.807) is 11.3 Å². The Hall–Kier alpha value is -5.96. The van der Waals surface area contributed by atoms with Crippen LogP contribution in [0.1, 0.15) is 31.8 Å². The van der Waals surface area contributed by atoms with Crippen LogP contribution in [0.15, 0.2) is 188 Å². The molecule has 0 spiro atoms. The molecule has 0 aliphatic heterocycles. The smallest absolute Gasteiger partial charge is 0.0720 e. The van der Waals surface area contributed by atoms with E-state index < -0.39 is 29.6 Å². The van der Waals surface area contributed by atoms with Crippen molar-refractivity contribution in [1.29, 1.82) is 0 Å². The fraction of sp³-hybridized carbons (Fsp3) is 0.0213. The first kappa shape index (κ1) is 21.8. The fourth-order valence-electron chi connectivity index (χ4n) is 7.76. The lowest BCUT2D eigenvalue weighted by Crippen LogP contribution is -2.29. The molecule has 0 fully saturated rings. The molecule has 1 unspecified atom stereocenters. The molecule has 0 amide bonds. The summed E-state index contributed by atoms with van der Waals surface area (Å²) in [4.78, 5) is 2.20. The lowest BCUT2D eigenvalue weighted by atomic mass is 9.66. The number of nitrogens with zero attached hydrogens (tertiary/aromatic N) is 1. The highest BCUT2D eigenvalue weighted by molar-refractivity contribution is 7.25. The predicted octanol–water partition coefficient (Wildman–Crippen LogP) is 13.0. The van der Waals surface area contributed by atoms with Crippen LogP contribution in [0.3, 0.4) is 0 Å². The van der Waals surface area contributed by atoms with Crippen LogP contribution < -0.4 is 4.90 Å². The zero-order chi connectivity index (χ0) is 38.5. The largest absolute Gasteiger partial charge is 0.310 e. The van der Waals surface area contributed by atoms with Crippen LogP contribution in [-0.2, 0) is 5.41 Å². The summed E-state index contributed by atoms with van der Waals surface area (Å²) in [6.07, 6.45) is 0. The van der Waals surface area contributed by atoms with Gasteiger partial charge in [-0.2, -0.15) is 0 Å². The van der Waals surface area contributed by atoms with Gasteiger partial charge in [0.15, 0.2) is 0 Å². The molecular weight excluding hydrogens is 611 g/mol. The van der Waals surface area contributed by atoms with E-state index in [1.165, 1.54) is 0 Å². The summed E-state index contributed by atoms with van der Waals surface area (Å²) in [6, 6.07) is 46.6. The number of thiophene rings is 1. The standard InChI is InChI=1S/C47H31NS/c1-3-16-35(17-4-1)48(36-18-5-2-6-19-36)37-28-29-42-40(31-37)38-20-9-11-22-41(38)47(42,34-27-26-32-14-7-8-15-33(32)30-34)43-23-13-25-45-46(43)39-21-10-12-24-44(39)49-45/h1-31H/i7D,8D,14D,15D,26D,27D,30D. The molecule has 0 N–H and O–H groups in total. The molecule has 8 aromatic carbocycles. The minimum Gasteiger partial charge on any atom is -0.310 e. The van der Waals surface area contributed by atoms with E-state index in [-0.39, 0.29) is 34.5 Å². The van der Waals surface area contributed by atoms with Crippen molar-refractivity contribution in [3.63, 3.8) is 0 Å². The molecule has 1 nitrogen and oxygen atoms in total. The topological polar surface area (TPSA) is 3.24 Å². The van der Waals surface area contributed by atoms with Gasteiger partial charge in [-0.3, -0.25) is 0 Å². The molecule has 2 heteroatoms. The molecule has 10 rings (SSSR count). The van der Waals surface area contributed by atoms with Crippen LogP contribution in [0, 0.1) is 0 Å². The van der Waals surface area contributed by atoms with E-state index in [4.69, 9.17) is 5.48 Å². The Kier molecular flexibility index (Phi) is 4.92. The minimum atomic E-state index is -1.33. The van der Waals surface area contributed by atoms with E-state index >= 15 is 0 Å². The number of hydrogen-bond acceptors (Lipinski definition) is 2. The maximum absolute atomic E-state index is 10.0. The van der Waals surface area contributed by atoms with Gasteiger partial charge in [0.05, 0.1) is 15.0 Å². The van der Waals surface area contributed by atoms with E-state index in [0.717, 1.165) is 65.1 Å². The number of fused-ring (bicyclic) bond motifs is 7. The SMILES string of the molecule is [2H]c1c([2H])c([2H])c2c([2H])c(C3(c4cccc5sc6ccccc6c45)c4ccccc4-c4cc(N(c5ccccc5)c5ccccc5)ccc43)c([2H])c([2H])c2c1[2H]. The summed E-state index contributed by atoms with van der Waals surface area (Å²) in [5.41, 5.74) is 6.10. The molecule has 0 bridgehead atoms. The first-order valence-corrected chi connectivity index (χ1v) is 17.1. The highest BCUT2D eigenvalue weighted by atomic mass is 32.1. The van der Waals surface area contributed by atoms with Gasteiger partial charge in [0.2, 0.25) is 0 Å². The Morgan fingerprint density at radius 3 is 1.96 bits per heavy atom. The number of hydrogen-bond donors (Lipinski definition) is 0. The van der Waals surface area contributed by atoms with Gasteiger partial charge >= 0.3 is 0 Å². The second-order valence-corrected chi connectivity index (χ2v) is 13.4. The zero-order valence-electron chi connectivity index (χ0n) is 33.2. The third kappa shape index (κ3) is 4.18. The zero-order valence-corrected chi connectivity index (χ0v) is 27.0. The summed E-state index contributed by atoms with van der Waals surface area (Å²) in [6.45, 7) is 0. The molecule has 1 aromatic heterocycles. The monoisotopic (exact) mass is 648 g/mol. The molecule has 1 aliphatic rings. The van der Waals surface area contributed by atoms with Gasteiger partial charge in [0, 0.05) is 37.2 Å². The Morgan fingerprint density at radius 1 is 0.490 bits per heavy atom. The van der Waals surface area contributed by atoms with Crippen molar-refractivity contribution in [1.82, 2.24) is 0 Å². The Morgan fingerprint density at radius 2 is 1.14 bits per heavy atom. The van der Waals surface area contributed by atoms with Crippen molar-refractivity contribution in [2.24, 2.45) is 0 Å². The predicted molar refractivity (Wildman–Crippen MR) is 209 cm³/mol. The molecule has 230 valence electrons. The summed E-state index contributed by atoms with van der Waals surface area (Å²) in [5, 5.41) is 1.84. The van der Waals surface area contributed by atoms with E-state index in [2.05, 4.69) is 77.7 Å². The Bertz CT molecular complexity index is 3030. The maximum Gasteiger partial charge on any atom is 0.0720 e. The highest BCUT2D eigenvalue weighted by Gasteiger charge is 2.47.